The molecule has 140 valence electrons. The molecule has 0 radical (unpaired) electrons. The van der Waals surface area contributed by atoms with Gasteiger partial charge in [-0.1, -0.05) is 6.07 Å². The summed E-state index contributed by atoms with van der Waals surface area (Å²) in [5, 5.41) is 9.12. The Bertz CT molecular complexity index is 892. The molecule has 1 aromatic rings. The summed E-state index contributed by atoms with van der Waals surface area (Å²) in [6.45, 7) is 4.80. The number of carbonyl (C=O) groups is 3. The quantitative estimate of drug-likeness (QED) is 0.564. The zero-order chi connectivity index (χ0) is 20.1. The summed E-state index contributed by atoms with van der Waals surface area (Å²) in [4.78, 5) is 40.8. The van der Waals surface area contributed by atoms with E-state index in [1.165, 1.54) is 20.1 Å². The van der Waals surface area contributed by atoms with Gasteiger partial charge in [0.05, 0.1) is 36.8 Å². The number of carbonyl (C=O) groups excluding carboxylic acids is 3. The Balaban J connectivity index is 2.80. The van der Waals surface area contributed by atoms with Crippen LogP contribution in [0.15, 0.2) is 34.5 Å². The van der Waals surface area contributed by atoms with Crippen molar-refractivity contribution in [3.63, 3.8) is 0 Å². The van der Waals surface area contributed by atoms with Crippen LogP contribution in [0.2, 0.25) is 0 Å². The van der Waals surface area contributed by atoms with Gasteiger partial charge in [0.15, 0.2) is 6.29 Å². The molecule has 0 N–H and O–H groups in total. The van der Waals surface area contributed by atoms with Crippen LogP contribution in [0.5, 0.6) is 5.75 Å². The first-order valence-corrected chi connectivity index (χ1v) is 8.39. The Labute approximate surface area is 157 Å². The number of nitriles is 1. The van der Waals surface area contributed by atoms with E-state index in [9.17, 15) is 14.4 Å². The predicted octanol–water partition coefficient (Wildman–Crippen LogP) is 2.35. The van der Waals surface area contributed by atoms with Crippen LogP contribution < -0.4 is 4.74 Å². The van der Waals surface area contributed by atoms with E-state index in [0.717, 1.165) is 0 Å². The number of hydrogen-bond acceptors (Lipinski definition) is 7. The molecule has 1 aromatic carbocycles. The molecular formula is C20H20N2O5. The second-order valence-corrected chi connectivity index (χ2v) is 6.02. The molecule has 1 aliphatic rings. The topological polar surface area (TPSA) is 106 Å². The third kappa shape index (κ3) is 3.80. The van der Waals surface area contributed by atoms with Crippen molar-refractivity contribution in [3.05, 3.63) is 40.6 Å². The molecule has 0 saturated carbocycles. The van der Waals surface area contributed by atoms with Gasteiger partial charge in [0.25, 0.3) is 0 Å². The molecule has 1 heterocycles. The summed E-state index contributed by atoms with van der Waals surface area (Å²) in [5.41, 5.74) is 1.25. The van der Waals surface area contributed by atoms with Crippen LogP contribution >= 0.6 is 0 Å². The van der Waals surface area contributed by atoms with Crippen LogP contribution in [0.4, 0.5) is 0 Å². The van der Waals surface area contributed by atoms with Crippen molar-refractivity contribution in [2.45, 2.75) is 26.7 Å². The number of esters is 1. The minimum atomic E-state index is -0.804. The van der Waals surface area contributed by atoms with E-state index in [4.69, 9.17) is 14.7 Å². The lowest BCUT2D eigenvalue weighted by Crippen LogP contribution is -2.35. The first-order valence-electron chi connectivity index (χ1n) is 8.39. The Kier molecular flexibility index (Phi) is 6.24. The molecule has 0 amide bonds. The number of methoxy groups -OCH3 is 1. The summed E-state index contributed by atoms with van der Waals surface area (Å²) >= 11 is 0. The van der Waals surface area contributed by atoms with Crippen molar-refractivity contribution in [1.29, 1.82) is 5.26 Å². The number of benzene rings is 1. The van der Waals surface area contributed by atoms with E-state index in [1.807, 2.05) is 6.07 Å². The highest BCUT2D eigenvalue weighted by atomic mass is 16.5. The number of nitrogens with zero attached hydrogens (tertiary/aromatic N) is 2. The van der Waals surface area contributed by atoms with Crippen molar-refractivity contribution >= 4 is 23.8 Å². The Morgan fingerprint density at radius 1 is 1.37 bits per heavy atom. The summed E-state index contributed by atoms with van der Waals surface area (Å²) in [5.74, 6) is -2.14. The molecule has 0 aliphatic carbocycles. The van der Waals surface area contributed by atoms with Crippen LogP contribution in [0, 0.1) is 17.2 Å². The van der Waals surface area contributed by atoms with Gasteiger partial charge in [-0.05, 0) is 32.9 Å². The Morgan fingerprint density at radius 2 is 2.07 bits per heavy atom. The zero-order valence-corrected chi connectivity index (χ0v) is 15.6. The number of aldehydes is 1. The highest BCUT2D eigenvalue weighted by molar-refractivity contribution is 6.11. The number of ether oxygens (including phenoxy) is 2. The summed E-state index contributed by atoms with van der Waals surface area (Å²) in [6.07, 6.45) is 0.481. The molecule has 0 bridgehead atoms. The molecule has 0 saturated heterocycles. The van der Waals surface area contributed by atoms with Gasteiger partial charge in [0.1, 0.15) is 17.2 Å². The summed E-state index contributed by atoms with van der Waals surface area (Å²) in [7, 11) is 1.43. The zero-order valence-electron chi connectivity index (χ0n) is 15.6. The van der Waals surface area contributed by atoms with Gasteiger partial charge >= 0.3 is 5.97 Å². The third-order valence-corrected chi connectivity index (χ3v) is 4.41. The standard InChI is InChI=1S/C20H20N2O5/c1-5-27-20(25)19-15(10-23)22-11(2)17(12(3)24)18(19)14-7-6-13(9-21)8-16(14)26-4/h6-8,10,17-18H,5H2,1-4H3. The van der Waals surface area contributed by atoms with Crippen LogP contribution in [-0.4, -0.2) is 37.5 Å². The first kappa shape index (κ1) is 20.0. The average Bonchev–Trinajstić information content (AvgIpc) is 2.66. The predicted molar refractivity (Wildman–Crippen MR) is 97.5 cm³/mol. The van der Waals surface area contributed by atoms with Gasteiger partial charge in [-0.15, -0.1) is 0 Å². The molecule has 1 aliphatic heterocycles. The number of allylic oxidation sites excluding steroid dienone is 1. The minimum Gasteiger partial charge on any atom is -0.496 e. The van der Waals surface area contributed by atoms with E-state index in [2.05, 4.69) is 4.99 Å². The lowest BCUT2D eigenvalue weighted by atomic mass is 9.73. The highest BCUT2D eigenvalue weighted by Gasteiger charge is 2.42. The lowest BCUT2D eigenvalue weighted by Gasteiger charge is -2.31. The molecule has 2 atom stereocenters. The van der Waals surface area contributed by atoms with Crippen LogP contribution in [0.25, 0.3) is 0 Å². The molecule has 0 fully saturated rings. The second kappa shape index (κ2) is 8.41. The third-order valence-electron chi connectivity index (χ3n) is 4.41. The largest absolute Gasteiger partial charge is 0.496 e. The average molecular weight is 368 g/mol. The molecule has 0 spiro atoms. The molecular weight excluding hydrogens is 348 g/mol. The first-order chi connectivity index (χ1) is 12.9. The van der Waals surface area contributed by atoms with Crippen molar-refractivity contribution in [2.24, 2.45) is 10.9 Å². The molecule has 2 rings (SSSR count). The molecule has 0 aromatic heterocycles. The normalized spacial score (nSPS) is 19.0. The summed E-state index contributed by atoms with van der Waals surface area (Å²) < 4.78 is 10.5. The molecule has 7 nitrogen and oxygen atoms in total. The van der Waals surface area contributed by atoms with Crippen molar-refractivity contribution in [2.75, 3.05) is 13.7 Å². The molecule has 27 heavy (non-hydrogen) atoms. The van der Waals surface area contributed by atoms with Gasteiger partial charge in [0.2, 0.25) is 0 Å². The molecule has 2 unspecified atom stereocenters. The van der Waals surface area contributed by atoms with Gasteiger partial charge in [-0.25, -0.2) is 4.79 Å². The van der Waals surface area contributed by atoms with Gasteiger partial charge in [0, 0.05) is 17.2 Å². The molecule has 7 heteroatoms. The number of aliphatic imine (C=N–C) groups is 1. The Hall–Kier alpha value is -3.27. The number of hydrogen-bond donors (Lipinski definition) is 0. The van der Waals surface area contributed by atoms with Crippen molar-refractivity contribution in [1.82, 2.24) is 0 Å². The van der Waals surface area contributed by atoms with Crippen LogP contribution in [0.3, 0.4) is 0 Å². The number of Topliss-reactive ketones (excluding diaryl/α,β-unsaturated/α-hetero) is 1. The maximum Gasteiger partial charge on any atom is 0.336 e. The smallest absolute Gasteiger partial charge is 0.336 e. The van der Waals surface area contributed by atoms with Crippen molar-refractivity contribution < 1.29 is 23.9 Å². The van der Waals surface area contributed by atoms with Crippen LogP contribution in [0.1, 0.15) is 37.8 Å². The highest BCUT2D eigenvalue weighted by Crippen LogP contribution is 2.43. The number of ketones is 1. The van der Waals surface area contributed by atoms with Crippen LogP contribution in [-0.2, 0) is 19.1 Å². The van der Waals surface area contributed by atoms with Gasteiger partial charge < -0.3 is 9.47 Å². The minimum absolute atomic E-state index is 0.0145. The maximum absolute atomic E-state index is 12.6. The summed E-state index contributed by atoms with van der Waals surface area (Å²) in [6, 6.07) is 6.74. The van der Waals surface area contributed by atoms with Crippen molar-refractivity contribution in [3.8, 4) is 11.8 Å². The van der Waals surface area contributed by atoms with Gasteiger partial charge in [-0.3, -0.25) is 14.6 Å². The lowest BCUT2D eigenvalue weighted by molar-refractivity contribution is -0.139. The fraction of sp³-hybridized carbons (Fsp3) is 0.350. The van der Waals surface area contributed by atoms with Gasteiger partial charge in [-0.2, -0.15) is 5.26 Å². The van der Waals surface area contributed by atoms with E-state index in [1.54, 1.807) is 26.0 Å². The monoisotopic (exact) mass is 368 g/mol. The Morgan fingerprint density at radius 3 is 2.59 bits per heavy atom. The fourth-order valence-corrected chi connectivity index (χ4v) is 3.32. The maximum atomic E-state index is 12.6. The van der Waals surface area contributed by atoms with E-state index in [0.29, 0.717) is 28.9 Å². The SMILES string of the molecule is CCOC(=O)C1=C(C=O)N=C(C)C(C(C)=O)C1c1ccc(C#N)cc1OC. The second-order valence-electron chi connectivity index (χ2n) is 6.02. The van der Waals surface area contributed by atoms with E-state index in [-0.39, 0.29) is 23.7 Å². The fourth-order valence-electron chi connectivity index (χ4n) is 3.32. The number of rotatable bonds is 6. The van der Waals surface area contributed by atoms with E-state index < -0.39 is 17.8 Å². The van der Waals surface area contributed by atoms with E-state index >= 15 is 0 Å².